The van der Waals surface area contributed by atoms with Gasteiger partial charge in [0.15, 0.2) is 0 Å². The first-order valence-electron chi connectivity index (χ1n) is 6.67. The maximum atomic E-state index is 11.8. The zero-order valence-electron chi connectivity index (χ0n) is 10.6. The highest BCUT2D eigenvalue weighted by molar-refractivity contribution is 5.85. The first-order valence-corrected chi connectivity index (χ1v) is 6.67. The average Bonchev–Trinajstić information content (AvgIpc) is 2.77. The fourth-order valence-corrected chi connectivity index (χ4v) is 2.46. The van der Waals surface area contributed by atoms with Gasteiger partial charge in [0, 0.05) is 6.54 Å². The van der Waals surface area contributed by atoms with E-state index < -0.39 is 11.9 Å². The second-order valence-electron chi connectivity index (χ2n) is 4.83. The van der Waals surface area contributed by atoms with E-state index in [4.69, 9.17) is 5.11 Å². The van der Waals surface area contributed by atoms with Gasteiger partial charge in [0.05, 0.1) is 11.8 Å². The normalized spacial score (nSPS) is 23.6. The molecule has 1 aliphatic rings. The molecule has 0 heterocycles. The molecule has 0 aromatic rings. The fraction of sp³-hybridized carbons (Fsp3) is 0.846. The summed E-state index contributed by atoms with van der Waals surface area (Å²) in [6.45, 7) is 2.83. The van der Waals surface area contributed by atoms with Gasteiger partial charge in [0.25, 0.3) is 0 Å². The third-order valence-electron chi connectivity index (χ3n) is 3.50. The van der Waals surface area contributed by atoms with Crippen LogP contribution in [0.25, 0.3) is 0 Å². The van der Waals surface area contributed by atoms with Crippen LogP contribution in [0.15, 0.2) is 0 Å². The van der Waals surface area contributed by atoms with Crippen LogP contribution < -0.4 is 5.32 Å². The van der Waals surface area contributed by atoms with Gasteiger partial charge in [-0.1, -0.05) is 32.6 Å². The number of hydrogen-bond donors (Lipinski definition) is 2. The van der Waals surface area contributed by atoms with E-state index in [2.05, 4.69) is 12.2 Å². The van der Waals surface area contributed by atoms with E-state index in [0.717, 1.165) is 25.7 Å². The topological polar surface area (TPSA) is 66.4 Å². The molecule has 98 valence electrons. The summed E-state index contributed by atoms with van der Waals surface area (Å²) in [7, 11) is 0. The first-order chi connectivity index (χ1) is 8.16. The molecule has 0 saturated heterocycles. The molecular formula is C13H23NO3. The molecular weight excluding hydrogens is 218 g/mol. The van der Waals surface area contributed by atoms with Crippen LogP contribution in [0.3, 0.4) is 0 Å². The zero-order chi connectivity index (χ0) is 12.7. The summed E-state index contributed by atoms with van der Waals surface area (Å²) in [5.41, 5.74) is 0. The number of carbonyl (C=O) groups excluding carboxylic acids is 1. The Balaban J connectivity index is 2.25. The Labute approximate surface area is 103 Å². The number of carboxylic acid groups (broad SMARTS) is 1. The number of hydrogen-bond acceptors (Lipinski definition) is 2. The number of amides is 1. The van der Waals surface area contributed by atoms with Crippen LogP contribution in [0.5, 0.6) is 0 Å². The van der Waals surface area contributed by atoms with Crippen molar-refractivity contribution >= 4 is 11.9 Å². The number of aliphatic carboxylic acids is 1. The van der Waals surface area contributed by atoms with E-state index in [1.54, 1.807) is 0 Å². The van der Waals surface area contributed by atoms with E-state index in [1.807, 2.05) is 0 Å². The molecule has 0 aromatic carbocycles. The maximum Gasteiger partial charge on any atom is 0.307 e. The molecule has 4 nitrogen and oxygen atoms in total. The Hall–Kier alpha value is -1.06. The van der Waals surface area contributed by atoms with Gasteiger partial charge in [0.1, 0.15) is 0 Å². The van der Waals surface area contributed by atoms with Gasteiger partial charge in [-0.2, -0.15) is 0 Å². The highest BCUT2D eigenvalue weighted by atomic mass is 16.4. The van der Waals surface area contributed by atoms with Crippen molar-refractivity contribution in [3.05, 3.63) is 0 Å². The van der Waals surface area contributed by atoms with Crippen LogP contribution in [-0.4, -0.2) is 23.5 Å². The van der Waals surface area contributed by atoms with Crippen molar-refractivity contribution in [2.24, 2.45) is 11.8 Å². The molecule has 0 aromatic heterocycles. The van der Waals surface area contributed by atoms with Crippen LogP contribution in [-0.2, 0) is 9.59 Å². The highest BCUT2D eigenvalue weighted by Gasteiger charge is 2.37. The summed E-state index contributed by atoms with van der Waals surface area (Å²) in [5, 5.41) is 11.9. The number of carboxylic acids is 1. The lowest BCUT2D eigenvalue weighted by molar-refractivity contribution is -0.146. The molecule has 1 amide bonds. The Morgan fingerprint density at radius 1 is 1.18 bits per heavy atom. The summed E-state index contributed by atoms with van der Waals surface area (Å²) >= 11 is 0. The second kappa shape index (κ2) is 7.30. The van der Waals surface area contributed by atoms with Gasteiger partial charge in [-0.25, -0.2) is 0 Å². The van der Waals surface area contributed by atoms with E-state index in [9.17, 15) is 9.59 Å². The summed E-state index contributed by atoms with van der Waals surface area (Å²) in [5.74, 6) is -1.66. The molecule has 1 aliphatic carbocycles. The van der Waals surface area contributed by atoms with Gasteiger partial charge >= 0.3 is 5.97 Å². The molecule has 2 N–H and O–H groups in total. The van der Waals surface area contributed by atoms with E-state index in [0.29, 0.717) is 13.0 Å². The smallest absolute Gasteiger partial charge is 0.307 e. The van der Waals surface area contributed by atoms with Crippen molar-refractivity contribution in [2.75, 3.05) is 6.54 Å². The van der Waals surface area contributed by atoms with Crippen LogP contribution in [0.4, 0.5) is 0 Å². The number of carbonyl (C=O) groups is 2. The molecule has 0 radical (unpaired) electrons. The number of nitrogens with one attached hydrogen (secondary N) is 1. The van der Waals surface area contributed by atoms with Crippen LogP contribution in [0.2, 0.25) is 0 Å². The SMILES string of the molecule is CCCCCCNC(=O)[C@@H]1CCC[C@@H]1C(=O)O. The van der Waals surface area contributed by atoms with E-state index in [1.165, 1.54) is 12.8 Å². The Morgan fingerprint density at radius 2 is 1.88 bits per heavy atom. The molecule has 0 spiro atoms. The van der Waals surface area contributed by atoms with Crippen molar-refractivity contribution in [2.45, 2.75) is 51.9 Å². The lowest BCUT2D eigenvalue weighted by Gasteiger charge is -2.15. The molecule has 17 heavy (non-hydrogen) atoms. The van der Waals surface area contributed by atoms with Crippen molar-refractivity contribution in [3.63, 3.8) is 0 Å². The van der Waals surface area contributed by atoms with Crippen molar-refractivity contribution in [1.82, 2.24) is 5.32 Å². The van der Waals surface area contributed by atoms with Crippen LogP contribution >= 0.6 is 0 Å². The summed E-state index contributed by atoms with van der Waals surface area (Å²) < 4.78 is 0. The maximum absolute atomic E-state index is 11.8. The van der Waals surface area contributed by atoms with E-state index in [-0.39, 0.29) is 11.8 Å². The minimum absolute atomic E-state index is 0.0635. The lowest BCUT2D eigenvalue weighted by atomic mass is 9.95. The standard InChI is InChI=1S/C13H23NO3/c1-2-3-4-5-9-14-12(15)10-7-6-8-11(10)13(16)17/h10-11H,2-9H2,1H3,(H,14,15)(H,16,17)/t10-,11+/m1/s1. The predicted octanol–water partition coefficient (Wildman–Crippen LogP) is 2.18. The molecule has 1 rings (SSSR count). The molecule has 2 atom stereocenters. The highest BCUT2D eigenvalue weighted by Crippen LogP contribution is 2.31. The molecule has 0 aliphatic heterocycles. The zero-order valence-corrected chi connectivity index (χ0v) is 10.6. The molecule has 1 fully saturated rings. The summed E-state index contributed by atoms with van der Waals surface area (Å²) in [6, 6.07) is 0. The minimum Gasteiger partial charge on any atom is -0.481 e. The molecule has 4 heteroatoms. The third kappa shape index (κ3) is 4.36. The molecule has 0 bridgehead atoms. The van der Waals surface area contributed by atoms with Gasteiger partial charge in [-0.05, 0) is 19.3 Å². The van der Waals surface area contributed by atoms with Crippen molar-refractivity contribution in [3.8, 4) is 0 Å². The molecule has 1 saturated carbocycles. The first kappa shape index (κ1) is 14.0. The van der Waals surface area contributed by atoms with Gasteiger partial charge in [0.2, 0.25) is 5.91 Å². The summed E-state index contributed by atoms with van der Waals surface area (Å²) in [4.78, 5) is 22.8. The van der Waals surface area contributed by atoms with Crippen molar-refractivity contribution < 1.29 is 14.7 Å². The Bertz CT molecular complexity index is 265. The third-order valence-corrected chi connectivity index (χ3v) is 3.50. The van der Waals surface area contributed by atoms with Gasteiger partial charge in [-0.3, -0.25) is 9.59 Å². The number of unbranched alkanes of at least 4 members (excludes halogenated alkanes) is 3. The average molecular weight is 241 g/mol. The molecule has 0 unspecified atom stereocenters. The van der Waals surface area contributed by atoms with Crippen molar-refractivity contribution in [1.29, 1.82) is 0 Å². The fourth-order valence-electron chi connectivity index (χ4n) is 2.46. The Kier molecular flexibility index (Phi) is 6.01. The minimum atomic E-state index is -0.825. The predicted molar refractivity (Wildman–Crippen MR) is 65.6 cm³/mol. The second-order valence-corrected chi connectivity index (χ2v) is 4.83. The van der Waals surface area contributed by atoms with Gasteiger partial charge in [-0.15, -0.1) is 0 Å². The van der Waals surface area contributed by atoms with Crippen LogP contribution in [0.1, 0.15) is 51.9 Å². The monoisotopic (exact) mass is 241 g/mol. The largest absolute Gasteiger partial charge is 0.481 e. The summed E-state index contributed by atoms with van der Waals surface area (Å²) in [6.07, 6.45) is 6.70. The van der Waals surface area contributed by atoms with Crippen LogP contribution in [0, 0.1) is 11.8 Å². The lowest BCUT2D eigenvalue weighted by Crippen LogP contribution is -2.35. The quantitative estimate of drug-likeness (QED) is 0.671. The van der Waals surface area contributed by atoms with E-state index >= 15 is 0 Å². The Morgan fingerprint density at radius 3 is 2.53 bits per heavy atom. The number of rotatable bonds is 7. The van der Waals surface area contributed by atoms with Gasteiger partial charge < -0.3 is 10.4 Å².